The molecule has 1 fully saturated rings. The zero-order valence-electron chi connectivity index (χ0n) is 13.1. The molecule has 23 heavy (non-hydrogen) atoms. The highest BCUT2D eigenvalue weighted by Gasteiger charge is 2.27. The van der Waals surface area contributed by atoms with Crippen LogP contribution in [0.2, 0.25) is 0 Å². The molecule has 2 heterocycles. The predicted molar refractivity (Wildman–Crippen MR) is 90.7 cm³/mol. The van der Waals surface area contributed by atoms with Crippen molar-refractivity contribution in [3.8, 4) is 17.2 Å². The van der Waals surface area contributed by atoms with Gasteiger partial charge in [-0.25, -0.2) is 0 Å². The van der Waals surface area contributed by atoms with Crippen LogP contribution < -0.4 is 10.5 Å². The highest BCUT2D eigenvalue weighted by molar-refractivity contribution is 5.81. The first-order valence-electron chi connectivity index (χ1n) is 8.32. The molecule has 1 aliphatic carbocycles. The molecule has 0 atom stereocenters. The zero-order chi connectivity index (χ0) is 15.8. The monoisotopic (exact) mass is 305 g/mol. The fourth-order valence-electron chi connectivity index (χ4n) is 3.90. The van der Waals surface area contributed by atoms with Gasteiger partial charge in [-0.05, 0) is 43.2 Å². The largest absolute Gasteiger partial charge is 0.358 e. The van der Waals surface area contributed by atoms with Gasteiger partial charge in [-0.1, -0.05) is 24.3 Å². The van der Waals surface area contributed by atoms with Crippen LogP contribution in [0.5, 0.6) is 0 Å². The van der Waals surface area contributed by atoms with Gasteiger partial charge in [0.25, 0.3) is 5.56 Å². The number of hydrogen-bond acceptors (Lipinski definition) is 3. The number of rotatable bonds is 1. The summed E-state index contributed by atoms with van der Waals surface area (Å²) in [6, 6.07) is 10.3. The molecule has 0 amide bonds. The van der Waals surface area contributed by atoms with Gasteiger partial charge in [-0.3, -0.25) is 4.79 Å². The van der Waals surface area contributed by atoms with E-state index in [2.05, 4.69) is 22.0 Å². The van der Waals surface area contributed by atoms with Crippen molar-refractivity contribution >= 4 is 5.82 Å². The van der Waals surface area contributed by atoms with Gasteiger partial charge in [-0.2, -0.15) is 5.26 Å². The van der Waals surface area contributed by atoms with Crippen molar-refractivity contribution in [1.29, 1.82) is 5.26 Å². The highest BCUT2D eigenvalue weighted by atomic mass is 16.1. The Labute approximate surface area is 135 Å². The molecule has 0 radical (unpaired) electrons. The van der Waals surface area contributed by atoms with Gasteiger partial charge < -0.3 is 9.88 Å². The Bertz CT molecular complexity index is 854. The molecule has 1 aromatic heterocycles. The SMILES string of the molecule is N#Cc1c2c(c(N3CCCCC3)[nH]c1=O)CCc1ccccc1-2. The van der Waals surface area contributed by atoms with Crippen molar-refractivity contribution in [2.24, 2.45) is 0 Å². The molecule has 4 nitrogen and oxygen atoms in total. The molecular formula is C19H19N3O. The lowest BCUT2D eigenvalue weighted by Crippen LogP contribution is -2.34. The Morgan fingerprint density at radius 3 is 2.65 bits per heavy atom. The number of H-pyrrole nitrogens is 1. The third-order valence-corrected chi connectivity index (χ3v) is 5.01. The third-order valence-electron chi connectivity index (χ3n) is 5.01. The molecule has 116 valence electrons. The molecule has 4 heteroatoms. The average Bonchev–Trinajstić information content (AvgIpc) is 2.61. The molecular weight excluding hydrogens is 286 g/mol. The maximum Gasteiger partial charge on any atom is 0.268 e. The second kappa shape index (κ2) is 5.58. The molecule has 4 rings (SSSR count). The number of benzene rings is 1. The number of nitriles is 1. The fourth-order valence-corrected chi connectivity index (χ4v) is 3.90. The third kappa shape index (κ3) is 2.24. The van der Waals surface area contributed by atoms with Crippen LogP contribution in [0, 0.1) is 11.3 Å². The fraction of sp³-hybridized carbons (Fsp3) is 0.368. The normalized spacial score (nSPS) is 16.4. The lowest BCUT2D eigenvalue weighted by molar-refractivity contribution is 0.571. The number of hydrogen-bond donors (Lipinski definition) is 1. The standard InChI is InChI=1S/C19H19N3O/c20-12-16-17-14-7-3-2-6-13(14)8-9-15(17)18(21-19(16)23)22-10-4-1-5-11-22/h2-3,6-7H,1,4-5,8-11H2,(H,21,23). The summed E-state index contributed by atoms with van der Waals surface area (Å²) < 4.78 is 0. The second-order valence-electron chi connectivity index (χ2n) is 6.35. The number of nitrogens with one attached hydrogen (secondary N) is 1. The van der Waals surface area contributed by atoms with E-state index in [0.717, 1.165) is 61.3 Å². The van der Waals surface area contributed by atoms with E-state index >= 15 is 0 Å². The minimum Gasteiger partial charge on any atom is -0.358 e. The number of piperidine rings is 1. The summed E-state index contributed by atoms with van der Waals surface area (Å²) in [7, 11) is 0. The molecule has 0 bridgehead atoms. The van der Waals surface area contributed by atoms with Crippen molar-refractivity contribution in [2.45, 2.75) is 32.1 Å². The Morgan fingerprint density at radius 2 is 1.87 bits per heavy atom. The molecule has 1 N–H and O–H groups in total. The number of nitrogens with zero attached hydrogens (tertiary/aromatic N) is 2. The smallest absolute Gasteiger partial charge is 0.268 e. The molecule has 2 aromatic rings. The highest BCUT2D eigenvalue weighted by Crippen LogP contribution is 2.38. The van der Waals surface area contributed by atoms with Crippen LogP contribution in [0.25, 0.3) is 11.1 Å². The number of aryl methyl sites for hydroxylation is 1. The molecule has 1 aliphatic heterocycles. The molecule has 1 saturated heterocycles. The predicted octanol–water partition coefficient (Wildman–Crippen LogP) is 3.00. The van der Waals surface area contributed by atoms with Crippen LogP contribution in [0.1, 0.15) is 36.0 Å². The number of pyridine rings is 1. The number of aromatic nitrogens is 1. The summed E-state index contributed by atoms with van der Waals surface area (Å²) in [5, 5.41) is 9.52. The lowest BCUT2D eigenvalue weighted by atomic mass is 9.83. The van der Waals surface area contributed by atoms with Crippen LogP contribution in [0.4, 0.5) is 5.82 Å². The Balaban J connectivity index is 1.98. The summed E-state index contributed by atoms with van der Waals surface area (Å²) in [4.78, 5) is 17.8. The van der Waals surface area contributed by atoms with Gasteiger partial charge in [0.05, 0.1) is 0 Å². The minimum atomic E-state index is -0.261. The molecule has 0 saturated carbocycles. The Hall–Kier alpha value is -2.54. The van der Waals surface area contributed by atoms with E-state index in [0.29, 0.717) is 0 Å². The summed E-state index contributed by atoms with van der Waals surface area (Å²) in [6.07, 6.45) is 5.41. The first-order chi connectivity index (χ1) is 11.3. The molecule has 0 unspecified atom stereocenters. The molecule has 2 aliphatic rings. The Kier molecular flexibility index (Phi) is 3.42. The van der Waals surface area contributed by atoms with Crippen molar-refractivity contribution in [2.75, 3.05) is 18.0 Å². The molecule has 0 spiro atoms. The first-order valence-corrected chi connectivity index (χ1v) is 8.32. The van der Waals surface area contributed by atoms with E-state index in [1.807, 2.05) is 18.2 Å². The van der Waals surface area contributed by atoms with E-state index in [9.17, 15) is 10.1 Å². The van der Waals surface area contributed by atoms with Crippen LogP contribution in [0.3, 0.4) is 0 Å². The van der Waals surface area contributed by atoms with Crippen LogP contribution in [0.15, 0.2) is 29.1 Å². The topological polar surface area (TPSA) is 59.9 Å². The zero-order valence-corrected chi connectivity index (χ0v) is 13.1. The summed E-state index contributed by atoms with van der Waals surface area (Å²) in [5.74, 6) is 0.943. The van der Waals surface area contributed by atoms with Crippen LogP contribution >= 0.6 is 0 Å². The van der Waals surface area contributed by atoms with Gasteiger partial charge >= 0.3 is 0 Å². The van der Waals surface area contributed by atoms with E-state index in [-0.39, 0.29) is 11.1 Å². The van der Waals surface area contributed by atoms with Crippen LogP contribution in [-0.2, 0) is 12.8 Å². The molecule has 1 aromatic carbocycles. The van der Waals surface area contributed by atoms with E-state index < -0.39 is 0 Å². The maximum atomic E-state index is 12.5. The average molecular weight is 305 g/mol. The minimum absolute atomic E-state index is 0.257. The van der Waals surface area contributed by atoms with Crippen molar-refractivity contribution in [3.63, 3.8) is 0 Å². The van der Waals surface area contributed by atoms with E-state index in [1.54, 1.807) is 0 Å². The number of anilines is 1. The lowest BCUT2D eigenvalue weighted by Gasteiger charge is -2.32. The van der Waals surface area contributed by atoms with Gasteiger partial charge in [0, 0.05) is 24.2 Å². The van der Waals surface area contributed by atoms with Gasteiger partial charge in [-0.15, -0.1) is 0 Å². The van der Waals surface area contributed by atoms with E-state index in [1.165, 1.54) is 12.0 Å². The van der Waals surface area contributed by atoms with Crippen LogP contribution in [-0.4, -0.2) is 18.1 Å². The summed E-state index contributed by atoms with van der Waals surface area (Å²) in [5.41, 5.74) is 4.28. The number of fused-ring (bicyclic) bond motifs is 3. The van der Waals surface area contributed by atoms with Gasteiger partial charge in [0.15, 0.2) is 0 Å². The number of aromatic amines is 1. The van der Waals surface area contributed by atoms with Gasteiger partial charge in [0.2, 0.25) is 0 Å². The maximum absolute atomic E-state index is 12.5. The van der Waals surface area contributed by atoms with E-state index in [4.69, 9.17) is 0 Å². The van der Waals surface area contributed by atoms with Crippen molar-refractivity contribution in [1.82, 2.24) is 4.98 Å². The summed E-state index contributed by atoms with van der Waals surface area (Å²) in [6.45, 7) is 1.96. The van der Waals surface area contributed by atoms with Crippen molar-refractivity contribution < 1.29 is 0 Å². The summed E-state index contributed by atoms with van der Waals surface area (Å²) >= 11 is 0. The Morgan fingerprint density at radius 1 is 1.09 bits per heavy atom. The quantitative estimate of drug-likeness (QED) is 0.881. The van der Waals surface area contributed by atoms with Gasteiger partial charge in [0.1, 0.15) is 17.5 Å². The first kappa shape index (κ1) is 14.1. The van der Waals surface area contributed by atoms with Crippen molar-refractivity contribution in [3.05, 3.63) is 51.3 Å². The second-order valence-corrected chi connectivity index (χ2v) is 6.35.